The van der Waals surface area contributed by atoms with Gasteiger partial charge in [-0.3, -0.25) is 9.69 Å². The number of hydrogen-bond donors (Lipinski definition) is 1. The molecule has 0 bridgehead atoms. The first kappa shape index (κ1) is 21.6. The number of carbonyl (C=O) groups is 3. The van der Waals surface area contributed by atoms with Crippen LogP contribution in [-0.2, 0) is 16.1 Å². The number of furan rings is 1. The van der Waals surface area contributed by atoms with Crippen molar-refractivity contribution in [1.29, 1.82) is 0 Å². The van der Waals surface area contributed by atoms with Crippen molar-refractivity contribution >= 4 is 39.9 Å². The fraction of sp³-hybridized carbons (Fsp3) is 0.125. The molecular formula is C24H19BrN2O5. The summed E-state index contributed by atoms with van der Waals surface area (Å²) in [6, 6.07) is 15.6. The van der Waals surface area contributed by atoms with Crippen LogP contribution in [0.15, 0.2) is 69.2 Å². The van der Waals surface area contributed by atoms with Gasteiger partial charge in [0.15, 0.2) is 0 Å². The van der Waals surface area contributed by atoms with Gasteiger partial charge in [0, 0.05) is 16.1 Å². The minimum atomic E-state index is -0.481. The number of benzene rings is 2. The lowest BCUT2D eigenvalue weighted by Gasteiger charge is -2.11. The Hall–Kier alpha value is -3.65. The van der Waals surface area contributed by atoms with Crippen LogP contribution in [0.1, 0.15) is 27.2 Å². The first-order valence-electron chi connectivity index (χ1n) is 9.74. The number of rotatable bonds is 5. The number of amides is 3. The zero-order valence-corrected chi connectivity index (χ0v) is 18.9. The molecule has 0 radical (unpaired) electrons. The first-order chi connectivity index (χ1) is 15.4. The molecule has 8 heteroatoms. The summed E-state index contributed by atoms with van der Waals surface area (Å²) >= 11 is 3.36. The third-order valence-corrected chi connectivity index (χ3v) is 5.57. The summed E-state index contributed by atoms with van der Waals surface area (Å²) in [5, 5.41) is 2.60. The van der Waals surface area contributed by atoms with Crippen LogP contribution in [-0.4, -0.2) is 29.9 Å². The van der Waals surface area contributed by atoms with Crippen LogP contribution in [0.25, 0.3) is 17.4 Å². The van der Waals surface area contributed by atoms with E-state index in [4.69, 9.17) is 9.15 Å². The van der Waals surface area contributed by atoms with E-state index in [-0.39, 0.29) is 12.2 Å². The highest BCUT2D eigenvalue weighted by molar-refractivity contribution is 9.10. The van der Waals surface area contributed by atoms with Crippen LogP contribution in [0.5, 0.6) is 0 Å². The Morgan fingerprint density at radius 3 is 2.56 bits per heavy atom. The Morgan fingerprint density at radius 2 is 1.88 bits per heavy atom. The molecule has 7 nitrogen and oxygen atoms in total. The average molecular weight is 495 g/mol. The molecule has 2 heterocycles. The lowest BCUT2D eigenvalue weighted by atomic mass is 10.0. The van der Waals surface area contributed by atoms with Crippen LogP contribution in [0.4, 0.5) is 4.79 Å². The van der Waals surface area contributed by atoms with E-state index < -0.39 is 17.9 Å². The highest BCUT2D eigenvalue weighted by Gasteiger charge is 2.33. The minimum Gasteiger partial charge on any atom is -0.465 e. The SMILES string of the molecule is COC(=O)c1ccc(-c2ccc(/C=C3\NC(=O)N(Cc4ccc(Br)cc4)C3=O)o2)c(C)c1. The van der Waals surface area contributed by atoms with E-state index in [1.807, 2.05) is 31.2 Å². The van der Waals surface area contributed by atoms with Crippen molar-refractivity contribution in [3.8, 4) is 11.3 Å². The standard InChI is InChI=1S/C24H19BrN2O5/c1-14-11-16(23(29)31-2)5-9-19(14)21-10-8-18(32-21)12-20-22(28)27(24(30)26-20)13-15-3-6-17(25)7-4-15/h3-12H,13H2,1-2H3,(H,26,30)/b20-12-. The minimum absolute atomic E-state index is 0.144. The van der Waals surface area contributed by atoms with Crippen molar-refractivity contribution < 1.29 is 23.5 Å². The van der Waals surface area contributed by atoms with Crippen LogP contribution < -0.4 is 5.32 Å². The number of carbonyl (C=O) groups excluding carboxylic acids is 3. The maximum atomic E-state index is 12.7. The first-order valence-corrected chi connectivity index (χ1v) is 10.5. The van der Waals surface area contributed by atoms with E-state index in [1.165, 1.54) is 13.2 Å². The van der Waals surface area contributed by atoms with E-state index in [9.17, 15) is 14.4 Å². The quantitative estimate of drug-likeness (QED) is 0.309. The Balaban J connectivity index is 1.53. The fourth-order valence-corrected chi connectivity index (χ4v) is 3.65. The maximum Gasteiger partial charge on any atom is 0.337 e. The molecule has 1 aliphatic heterocycles. The predicted molar refractivity (Wildman–Crippen MR) is 121 cm³/mol. The highest BCUT2D eigenvalue weighted by Crippen LogP contribution is 2.28. The van der Waals surface area contributed by atoms with Gasteiger partial charge in [-0.25, -0.2) is 9.59 Å². The van der Waals surface area contributed by atoms with Gasteiger partial charge in [0.2, 0.25) is 0 Å². The summed E-state index contributed by atoms with van der Waals surface area (Å²) in [4.78, 5) is 37.9. The Labute approximate surface area is 192 Å². The summed E-state index contributed by atoms with van der Waals surface area (Å²) in [5.41, 5.74) is 3.08. The molecule has 162 valence electrons. The summed E-state index contributed by atoms with van der Waals surface area (Å²) < 4.78 is 11.5. The number of esters is 1. The van der Waals surface area contributed by atoms with E-state index >= 15 is 0 Å². The molecule has 1 fully saturated rings. The number of hydrogen-bond acceptors (Lipinski definition) is 5. The number of aryl methyl sites for hydroxylation is 1. The van der Waals surface area contributed by atoms with Crippen molar-refractivity contribution in [1.82, 2.24) is 10.2 Å². The van der Waals surface area contributed by atoms with Gasteiger partial charge in [-0.2, -0.15) is 0 Å². The summed E-state index contributed by atoms with van der Waals surface area (Å²) in [5.74, 6) is 0.169. The Bertz CT molecular complexity index is 1240. The van der Waals surface area contributed by atoms with E-state index in [1.54, 1.807) is 30.3 Å². The molecule has 2 aromatic carbocycles. The third kappa shape index (κ3) is 4.36. The fourth-order valence-electron chi connectivity index (χ4n) is 3.39. The number of nitrogens with one attached hydrogen (secondary N) is 1. The van der Waals surface area contributed by atoms with Crippen LogP contribution in [0, 0.1) is 6.92 Å². The zero-order valence-electron chi connectivity index (χ0n) is 17.3. The molecule has 4 rings (SSSR count). The molecule has 0 saturated carbocycles. The lowest BCUT2D eigenvalue weighted by molar-refractivity contribution is -0.123. The number of methoxy groups -OCH3 is 1. The predicted octanol–water partition coefficient (Wildman–Crippen LogP) is 4.90. The highest BCUT2D eigenvalue weighted by atomic mass is 79.9. The van der Waals surface area contributed by atoms with Gasteiger partial charge in [0.05, 0.1) is 19.2 Å². The Morgan fingerprint density at radius 1 is 1.12 bits per heavy atom. The third-order valence-electron chi connectivity index (χ3n) is 5.04. The molecule has 1 saturated heterocycles. The molecule has 1 aliphatic rings. The van der Waals surface area contributed by atoms with Gasteiger partial charge in [-0.1, -0.05) is 34.1 Å². The molecule has 0 spiro atoms. The van der Waals surface area contributed by atoms with Gasteiger partial charge in [0.25, 0.3) is 5.91 Å². The van der Waals surface area contributed by atoms with E-state index in [0.717, 1.165) is 26.1 Å². The molecule has 1 N–H and O–H groups in total. The lowest BCUT2D eigenvalue weighted by Crippen LogP contribution is -2.30. The normalized spacial score (nSPS) is 14.7. The molecule has 3 aromatic rings. The second-order valence-electron chi connectivity index (χ2n) is 7.23. The van der Waals surface area contributed by atoms with Crippen LogP contribution in [0.3, 0.4) is 0 Å². The molecule has 0 unspecified atom stereocenters. The van der Waals surface area contributed by atoms with Crippen molar-refractivity contribution in [2.24, 2.45) is 0 Å². The average Bonchev–Trinajstić information content (AvgIpc) is 3.34. The van der Waals surface area contributed by atoms with E-state index in [0.29, 0.717) is 17.1 Å². The van der Waals surface area contributed by atoms with E-state index in [2.05, 4.69) is 21.2 Å². The number of urea groups is 1. The topological polar surface area (TPSA) is 88.9 Å². The van der Waals surface area contributed by atoms with Gasteiger partial charge >= 0.3 is 12.0 Å². The molecule has 1 aromatic heterocycles. The molecule has 0 aliphatic carbocycles. The van der Waals surface area contributed by atoms with Crippen molar-refractivity contribution in [3.05, 3.63) is 87.2 Å². The second-order valence-corrected chi connectivity index (χ2v) is 8.14. The Kier molecular flexibility index (Phi) is 5.96. The number of imide groups is 1. The smallest absolute Gasteiger partial charge is 0.337 e. The largest absolute Gasteiger partial charge is 0.465 e. The number of halogens is 1. The van der Waals surface area contributed by atoms with Gasteiger partial charge < -0.3 is 14.5 Å². The van der Waals surface area contributed by atoms with Crippen molar-refractivity contribution in [2.45, 2.75) is 13.5 Å². The summed E-state index contributed by atoms with van der Waals surface area (Å²) in [6.45, 7) is 2.04. The monoisotopic (exact) mass is 494 g/mol. The van der Waals surface area contributed by atoms with Crippen LogP contribution in [0.2, 0.25) is 0 Å². The van der Waals surface area contributed by atoms with Gasteiger partial charge in [0.1, 0.15) is 17.2 Å². The van der Waals surface area contributed by atoms with Crippen molar-refractivity contribution in [2.75, 3.05) is 7.11 Å². The summed E-state index contributed by atoms with van der Waals surface area (Å²) in [6.07, 6.45) is 1.50. The maximum absolute atomic E-state index is 12.7. The number of ether oxygens (including phenoxy) is 1. The molecule has 0 atom stereocenters. The van der Waals surface area contributed by atoms with Crippen LogP contribution >= 0.6 is 15.9 Å². The number of nitrogens with zero attached hydrogens (tertiary/aromatic N) is 1. The van der Waals surface area contributed by atoms with Gasteiger partial charge in [-0.05, 0) is 54.4 Å². The molecule has 32 heavy (non-hydrogen) atoms. The summed E-state index contributed by atoms with van der Waals surface area (Å²) in [7, 11) is 1.33. The van der Waals surface area contributed by atoms with Crippen molar-refractivity contribution in [3.63, 3.8) is 0 Å². The molecular weight excluding hydrogens is 476 g/mol. The second kappa shape index (κ2) is 8.84. The van der Waals surface area contributed by atoms with Gasteiger partial charge in [-0.15, -0.1) is 0 Å². The zero-order chi connectivity index (χ0) is 22.8. The molecule has 3 amide bonds.